The van der Waals surface area contributed by atoms with Crippen LogP contribution in [0.3, 0.4) is 0 Å². The summed E-state index contributed by atoms with van der Waals surface area (Å²) in [5.74, 6) is 0.177. The Balaban J connectivity index is 2.74. The number of benzene rings is 1. The lowest BCUT2D eigenvalue weighted by molar-refractivity contribution is 0.476. The van der Waals surface area contributed by atoms with Gasteiger partial charge in [-0.05, 0) is 18.6 Å². The molecule has 0 saturated heterocycles. The number of hydrogen-bond acceptors (Lipinski definition) is 3. The SMILES string of the molecule is CCC(C#N)Nc1ccccc1O. The highest BCUT2D eigenvalue weighted by molar-refractivity contribution is 5.56. The Morgan fingerprint density at radius 1 is 1.54 bits per heavy atom. The molecule has 0 spiro atoms. The van der Waals surface area contributed by atoms with Crippen LogP contribution in [-0.2, 0) is 0 Å². The summed E-state index contributed by atoms with van der Waals surface area (Å²) in [5, 5.41) is 21.0. The van der Waals surface area contributed by atoms with Gasteiger partial charge in [-0.2, -0.15) is 5.26 Å². The van der Waals surface area contributed by atoms with E-state index in [2.05, 4.69) is 11.4 Å². The standard InChI is InChI=1S/C10H12N2O/c1-2-8(7-11)12-9-5-3-4-6-10(9)13/h3-6,8,12-13H,2H2,1H3. The molecule has 3 nitrogen and oxygen atoms in total. The van der Waals surface area contributed by atoms with E-state index in [0.29, 0.717) is 12.1 Å². The predicted molar refractivity (Wildman–Crippen MR) is 51.4 cm³/mol. The van der Waals surface area contributed by atoms with E-state index in [9.17, 15) is 5.11 Å². The maximum Gasteiger partial charge on any atom is 0.138 e. The summed E-state index contributed by atoms with van der Waals surface area (Å²) in [6, 6.07) is 8.75. The van der Waals surface area contributed by atoms with Crippen molar-refractivity contribution in [3.8, 4) is 11.8 Å². The quantitative estimate of drug-likeness (QED) is 0.693. The molecule has 0 radical (unpaired) electrons. The van der Waals surface area contributed by atoms with E-state index in [1.54, 1.807) is 18.2 Å². The van der Waals surface area contributed by atoms with Crippen molar-refractivity contribution < 1.29 is 5.11 Å². The summed E-state index contributed by atoms with van der Waals surface area (Å²) in [6.45, 7) is 1.92. The first-order valence-electron chi connectivity index (χ1n) is 4.22. The molecule has 0 aliphatic heterocycles. The largest absolute Gasteiger partial charge is 0.506 e. The first-order chi connectivity index (χ1) is 6.27. The number of nitrogens with zero attached hydrogens (tertiary/aromatic N) is 1. The van der Waals surface area contributed by atoms with E-state index in [1.165, 1.54) is 0 Å². The first-order valence-corrected chi connectivity index (χ1v) is 4.22. The van der Waals surface area contributed by atoms with Gasteiger partial charge < -0.3 is 10.4 Å². The summed E-state index contributed by atoms with van der Waals surface area (Å²) in [7, 11) is 0. The lowest BCUT2D eigenvalue weighted by Gasteiger charge is -2.11. The average Bonchev–Trinajstić information content (AvgIpc) is 2.17. The number of phenolic OH excluding ortho intramolecular Hbond substituents is 1. The Morgan fingerprint density at radius 3 is 2.77 bits per heavy atom. The van der Waals surface area contributed by atoms with Crippen LogP contribution in [0.4, 0.5) is 5.69 Å². The maximum absolute atomic E-state index is 9.38. The first kappa shape index (κ1) is 9.40. The van der Waals surface area contributed by atoms with Gasteiger partial charge in [0.25, 0.3) is 0 Å². The number of nitrogens with one attached hydrogen (secondary N) is 1. The molecule has 0 aliphatic carbocycles. The van der Waals surface area contributed by atoms with Crippen LogP contribution in [0.25, 0.3) is 0 Å². The van der Waals surface area contributed by atoms with Gasteiger partial charge >= 0.3 is 0 Å². The molecular weight excluding hydrogens is 164 g/mol. The van der Waals surface area contributed by atoms with Gasteiger partial charge in [0.2, 0.25) is 0 Å². The molecule has 1 atom stereocenters. The molecule has 0 amide bonds. The Morgan fingerprint density at radius 2 is 2.23 bits per heavy atom. The van der Waals surface area contributed by atoms with Crippen molar-refractivity contribution in [2.24, 2.45) is 0 Å². The molecule has 1 unspecified atom stereocenters. The molecule has 68 valence electrons. The van der Waals surface area contributed by atoms with Gasteiger partial charge in [0.1, 0.15) is 11.8 Å². The molecule has 13 heavy (non-hydrogen) atoms. The molecular formula is C10H12N2O. The number of nitriles is 1. The number of aromatic hydroxyl groups is 1. The second-order valence-corrected chi connectivity index (χ2v) is 2.75. The molecule has 0 aliphatic rings. The van der Waals surface area contributed by atoms with Crippen molar-refractivity contribution >= 4 is 5.69 Å². The zero-order chi connectivity index (χ0) is 9.68. The lowest BCUT2D eigenvalue weighted by atomic mass is 10.2. The summed E-state index contributed by atoms with van der Waals surface area (Å²) in [4.78, 5) is 0. The highest BCUT2D eigenvalue weighted by Crippen LogP contribution is 2.22. The molecule has 0 heterocycles. The topological polar surface area (TPSA) is 56.0 Å². The van der Waals surface area contributed by atoms with Crippen molar-refractivity contribution in [2.75, 3.05) is 5.32 Å². The molecule has 1 rings (SSSR count). The van der Waals surface area contributed by atoms with Gasteiger partial charge in [0, 0.05) is 0 Å². The summed E-state index contributed by atoms with van der Waals surface area (Å²) < 4.78 is 0. The van der Waals surface area contributed by atoms with E-state index in [0.717, 1.165) is 0 Å². The van der Waals surface area contributed by atoms with Gasteiger partial charge in [-0.15, -0.1) is 0 Å². The number of hydrogen-bond donors (Lipinski definition) is 2. The Hall–Kier alpha value is -1.69. The predicted octanol–water partition coefficient (Wildman–Crippen LogP) is 2.11. The molecule has 0 fully saturated rings. The molecule has 0 bridgehead atoms. The molecule has 3 heteroatoms. The molecule has 0 saturated carbocycles. The Kier molecular flexibility index (Phi) is 3.15. The van der Waals surface area contributed by atoms with Gasteiger partial charge in [0.05, 0.1) is 11.8 Å². The van der Waals surface area contributed by atoms with Crippen LogP contribution >= 0.6 is 0 Å². The lowest BCUT2D eigenvalue weighted by Crippen LogP contribution is -2.15. The zero-order valence-electron chi connectivity index (χ0n) is 7.49. The maximum atomic E-state index is 9.38. The summed E-state index contributed by atoms with van der Waals surface area (Å²) >= 11 is 0. The number of anilines is 1. The van der Waals surface area contributed by atoms with Crippen molar-refractivity contribution in [2.45, 2.75) is 19.4 Å². The third-order valence-corrected chi connectivity index (χ3v) is 1.80. The van der Waals surface area contributed by atoms with Crippen molar-refractivity contribution in [3.05, 3.63) is 24.3 Å². The van der Waals surface area contributed by atoms with Gasteiger partial charge in [-0.3, -0.25) is 0 Å². The van der Waals surface area contributed by atoms with E-state index in [1.807, 2.05) is 13.0 Å². The second kappa shape index (κ2) is 4.36. The fraction of sp³-hybridized carbons (Fsp3) is 0.300. The minimum Gasteiger partial charge on any atom is -0.506 e. The Labute approximate surface area is 77.6 Å². The minimum absolute atomic E-state index is 0.177. The van der Waals surface area contributed by atoms with Gasteiger partial charge in [0.15, 0.2) is 0 Å². The number of para-hydroxylation sites is 2. The monoisotopic (exact) mass is 176 g/mol. The van der Waals surface area contributed by atoms with E-state index >= 15 is 0 Å². The summed E-state index contributed by atoms with van der Waals surface area (Å²) in [6.07, 6.45) is 0.713. The third kappa shape index (κ3) is 2.38. The molecule has 2 N–H and O–H groups in total. The van der Waals surface area contributed by atoms with E-state index in [-0.39, 0.29) is 11.8 Å². The van der Waals surface area contributed by atoms with E-state index in [4.69, 9.17) is 5.26 Å². The van der Waals surface area contributed by atoms with Crippen LogP contribution in [-0.4, -0.2) is 11.1 Å². The zero-order valence-corrected chi connectivity index (χ0v) is 7.49. The highest BCUT2D eigenvalue weighted by atomic mass is 16.3. The average molecular weight is 176 g/mol. The van der Waals surface area contributed by atoms with E-state index < -0.39 is 0 Å². The fourth-order valence-corrected chi connectivity index (χ4v) is 1.01. The Bertz CT molecular complexity index is 317. The number of rotatable bonds is 3. The van der Waals surface area contributed by atoms with Crippen LogP contribution in [0.5, 0.6) is 5.75 Å². The van der Waals surface area contributed by atoms with Crippen LogP contribution in [0.1, 0.15) is 13.3 Å². The normalized spacial score (nSPS) is 11.7. The van der Waals surface area contributed by atoms with Crippen LogP contribution < -0.4 is 5.32 Å². The smallest absolute Gasteiger partial charge is 0.138 e. The van der Waals surface area contributed by atoms with Crippen molar-refractivity contribution in [3.63, 3.8) is 0 Å². The van der Waals surface area contributed by atoms with Gasteiger partial charge in [-0.1, -0.05) is 19.1 Å². The van der Waals surface area contributed by atoms with Crippen molar-refractivity contribution in [1.82, 2.24) is 0 Å². The second-order valence-electron chi connectivity index (χ2n) is 2.75. The molecule has 0 aromatic heterocycles. The molecule has 1 aromatic rings. The number of phenols is 1. The molecule has 1 aromatic carbocycles. The van der Waals surface area contributed by atoms with Crippen LogP contribution in [0.15, 0.2) is 24.3 Å². The fourth-order valence-electron chi connectivity index (χ4n) is 1.01. The van der Waals surface area contributed by atoms with Crippen LogP contribution in [0, 0.1) is 11.3 Å². The third-order valence-electron chi connectivity index (χ3n) is 1.80. The van der Waals surface area contributed by atoms with Gasteiger partial charge in [-0.25, -0.2) is 0 Å². The highest BCUT2D eigenvalue weighted by Gasteiger charge is 2.05. The van der Waals surface area contributed by atoms with Crippen molar-refractivity contribution in [1.29, 1.82) is 5.26 Å². The minimum atomic E-state index is -0.242. The van der Waals surface area contributed by atoms with Crippen LogP contribution in [0.2, 0.25) is 0 Å². The summed E-state index contributed by atoms with van der Waals surface area (Å²) in [5.41, 5.74) is 0.607.